The molecule has 7 nitrogen and oxygen atoms in total. The Morgan fingerprint density at radius 2 is 2.00 bits per heavy atom. The number of nitrogens with one attached hydrogen (secondary N) is 2. The van der Waals surface area contributed by atoms with Gasteiger partial charge in [-0.3, -0.25) is 10.2 Å². The van der Waals surface area contributed by atoms with Gasteiger partial charge in [0, 0.05) is 10.8 Å². The number of rotatable bonds is 1. The number of nitrogens with two attached hydrogens (primary N) is 1. The Balaban J connectivity index is 2.76. The van der Waals surface area contributed by atoms with E-state index in [-0.39, 0.29) is 11.6 Å². The van der Waals surface area contributed by atoms with Gasteiger partial charge in [0.1, 0.15) is 0 Å². The van der Waals surface area contributed by atoms with E-state index in [2.05, 4.69) is 15.2 Å². The molecule has 1 aromatic heterocycles. The Hall–Kier alpha value is -2.70. The van der Waals surface area contributed by atoms with Crippen molar-refractivity contribution in [1.82, 2.24) is 4.98 Å². The highest BCUT2D eigenvalue weighted by molar-refractivity contribution is 5.94. The predicted molar refractivity (Wildman–Crippen MR) is 62.7 cm³/mol. The summed E-state index contributed by atoms with van der Waals surface area (Å²) in [5.41, 5.74) is 4.37. The van der Waals surface area contributed by atoms with Gasteiger partial charge in [0.2, 0.25) is 5.96 Å². The van der Waals surface area contributed by atoms with Crippen molar-refractivity contribution >= 4 is 22.5 Å². The molecular weight excluding hydrogens is 222 g/mol. The topological polar surface area (TPSA) is 128 Å². The summed E-state index contributed by atoms with van der Waals surface area (Å²) >= 11 is 0. The maximum Gasteiger partial charge on any atom is 0.292 e. The Bertz CT molecular complexity index is 674. The van der Waals surface area contributed by atoms with E-state index in [0.29, 0.717) is 10.8 Å². The maximum atomic E-state index is 11.4. The molecule has 1 heterocycles. The molecule has 0 aliphatic rings. The average molecular weight is 231 g/mol. The lowest BCUT2D eigenvalue weighted by Gasteiger charge is -2.02. The normalized spacial score (nSPS) is 11.1. The fourth-order valence-corrected chi connectivity index (χ4v) is 1.44. The Morgan fingerprint density at radius 1 is 1.35 bits per heavy atom. The first-order valence-corrected chi connectivity index (χ1v) is 4.69. The van der Waals surface area contributed by atoms with Gasteiger partial charge in [-0.1, -0.05) is 24.3 Å². The van der Waals surface area contributed by atoms with Gasteiger partial charge in [0.25, 0.3) is 5.56 Å². The number of pyridine rings is 1. The molecule has 86 valence electrons. The van der Waals surface area contributed by atoms with Crippen molar-refractivity contribution in [2.75, 3.05) is 0 Å². The van der Waals surface area contributed by atoms with Gasteiger partial charge in [-0.05, 0) is 0 Å². The number of guanidine groups is 1. The predicted octanol–water partition coefficient (Wildman–Crippen LogP) is 1.21. The third-order valence-electron chi connectivity index (χ3n) is 2.14. The van der Waals surface area contributed by atoms with Crippen LogP contribution in [0.2, 0.25) is 0 Å². The van der Waals surface area contributed by atoms with Crippen LogP contribution in [0.5, 0.6) is 5.75 Å². The van der Waals surface area contributed by atoms with Gasteiger partial charge in [0.15, 0.2) is 11.6 Å². The smallest absolute Gasteiger partial charge is 0.292 e. The zero-order valence-corrected chi connectivity index (χ0v) is 8.64. The van der Waals surface area contributed by atoms with Crippen molar-refractivity contribution < 1.29 is 5.11 Å². The zero-order chi connectivity index (χ0) is 12.4. The summed E-state index contributed by atoms with van der Waals surface area (Å²) in [4.78, 5) is 13.8. The van der Waals surface area contributed by atoms with Gasteiger partial charge in [-0.15, -0.1) is 10.2 Å². The lowest BCUT2D eigenvalue weighted by atomic mass is 10.1. The van der Waals surface area contributed by atoms with E-state index >= 15 is 0 Å². The van der Waals surface area contributed by atoms with Crippen LogP contribution >= 0.6 is 0 Å². The number of aromatic amines is 1. The second-order valence-electron chi connectivity index (χ2n) is 3.28. The summed E-state index contributed by atoms with van der Waals surface area (Å²) < 4.78 is 0. The molecule has 0 bridgehead atoms. The van der Waals surface area contributed by atoms with Crippen LogP contribution in [0.25, 0.3) is 10.8 Å². The molecule has 0 aliphatic heterocycles. The first-order chi connectivity index (χ1) is 8.09. The number of hydrogen-bond acceptors (Lipinski definition) is 4. The third kappa shape index (κ3) is 1.98. The van der Waals surface area contributed by atoms with Crippen molar-refractivity contribution in [3.8, 4) is 5.75 Å². The minimum absolute atomic E-state index is 0.151. The van der Waals surface area contributed by atoms with Gasteiger partial charge in [0.05, 0.1) is 0 Å². The monoisotopic (exact) mass is 231 g/mol. The number of aromatic nitrogens is 1. The minimum atomic E-state index is -0.666. The molecule has 0 amide bonds. The molecule has 0 aliphatic carbocycles. The van der Waals surface area contributed by atoms with Crippen LogP contribution in [-0.4, -0.2) is 16.1 Å². The molecule has 5 N–H and O–H groups in total. The lowest BCUT2D eigenvalue weighted by Crippen LogP contribution is -2.06. The molecule has 0 fully saturated rings. The molecule has 7 heteroatoms. The third-order valence-corrected chi connectivity index (χ3v) is 2.14. The van der Waals surface area contributed by atoms with E-state index in [9.17, 15) is 9.90 Å². The largest absolute Gasteiger partial charge is 0.503 e. The number of H-pyrrole nitrogens is 1. The van der Waals surface area contributed by atoms with Gasteiger partial charge < -0.3 is 15.8 Å². The van der Waals surface area contributed by atoms with Crippen LogP contribution in [0.15, 0.2) is 39.3 Å². The number of azo groups is 1. The van der Waals surface area contributed by atoms with Gasteiger partial charge >= 0.3 is 0 Å². The number of fused-ring (bicyclic) bond motifs is 1. The van der Waals surface area contributed by atoms with Crippen LogP contribution in [0.4, 0.5) is 5.82 Å². The van der Waals surface area contributed by atoms with Crippen LogP contribution in [-0.2, 0) is 0 Å². The van der Waals surface area contributed by atoms with E-state index in [4.69, 9.17) is 11.1 Å². The molecule has 2 rings (SSSR count). The molecule has 0 spiro atoms. The molecular formula is C10H9N5O2. The van der Waals surface area contributed by atoms with Crippen molar-refractivity contribution in [3.05, 3.63) is 34.6 Å². The number of nitrogens with zero attached hydrogens (tertiary/aromatic N) is 2. The van der Waals surface area contributed by atoms with Crippen molar-refractivity contribution in [2.45, 2.75) is 0 Å². The summed E-state index contributed by atoms with van der Waals surface area (Å²) in [6.07, 6.45) is 0. The van der Waals surface area contributed by atoms with E-state index in [1.807, 2.05) is 0 Å². The summed E-state index contributed by atoms with van der Waals surface area (Å²) in [6, 6.07) is 6.67. The lowest BCUT2D eigenvalue weighted by molar-refractivity contribution is 0.473. The highest BCUT2D eigenvalue weighted by Crippen LogP contribution is 2.27. The molecule has 17 heavy (non-hydrogen) atoms. The Morgan fingerprint density at radius 3 is 2.65 bits per heavy atom. The first kappa shape index (κ1) is 10.8. The molecule has 0 radical (unpaired) electrons. The molecule has 2 aromatic rings. The highest BCUT2D eigenvalue weighted by Gasteiger charge is 2.08. The van der Waals surface area contributed by atoms with Crippen molar-refractivity contribution in [1.29, 1.82) is 5.41 Å². The maximum absolute atomic E-state index is 11.4. The van der Waals surface area contributed by atoms with Gasteiger partial charge in [-0.25, -0.2) is 0 Å². The summed E-state index contributed by atoms with van der Waals surface area (Å²) in [7, 11) is 0. The highest BCUT2D eigenvalue weighted by atomic mass is 16.3. The summed E-state index contributed by atoms with van der Waals surface area (Å²) in [5, 5.41) is 24.4. The van der Waals surface area contributed by atoms with Crippen LogP contribution in [0, 0.1) is 5.41 Å². The molecule has 0 saturated carbocycles. The molecule has 0 atom stereocenters. The van der Waals surface area contributed by atoms with Crippen molar-refractivity contribution in [3.63, 3.8) is 0 Å². The first-order valence-electron chi connectivity index (χ1n) is 4.69. The number of benzene rings is 1. The second-order valence-corrected chi connectivity index (χ2v) is 3.28. The standard InChI is InChI=1S/C10H9N5O2/c11-10(12)15-14-8-6-4-2-1-3-5(6)7(16)9(17)13-8/h1-4,16H,(H3,11,12)(H,13,17)/b15-14+. The molecule has 0 saturated heterocycles. The van der Waals surface area contributed by atoms with Crippen LogP contribution < -0.4 is 11.3 Å². The second kappa shape index (κ2) is 4.05. The quantitative estimate of drug-likeness (QED) is 0.334. The minimum Gasteiger partial charge on any atom is -0.503 e. The summed E-state index contributed by atoms with van der Waals surface area (Å²) in [6.45, 7) is 0. The zero-order valence-electron chi connectivity index (χ0n) is 8.64. The fourth-order valence-electron chi connectivity index (χ4n) is 1.44. The van der Waals surface area contributed by atoms with E-state index < -0.39 is 11.5 Å². The van der Waals surface area contributed by atoms with E-state index in [1.165, 1.54) is 0 Å². The average Bonchev–Trinajstić information content (AvgIpc) is 2.32. The van der Waals surface area contributed by atoms with E-state index in [1.54, 1.807) is 24.3 Å². The molecule has 1 aromatic carbocycles. The fraction of sp³-hybridized carbons (Fsp3) is 0. The van der Waals surface area contributed by atoms with Crippen LogP contribution in [0.3, 0.4) is 0 Å². The number of aromatic hydroxyl groups is 1. The Kier molecular flexibility index (Phi) is 2.57. The molecule has 0 unspecified atom stereocenters. The Labute approximate surface area is 95.1 Å². The van der Waals surface area contributed by atoms with Crippen LogP contribution in [0.1, 0.15) is 0 Å². The summed E-state index contributed by atoms with van der Waals surface area (Å²) in [5.74, 6) is -0.691. The van der Waals surface area contributed by atoms with Gasteiger partial charge in [-0.2, -0.15) is 0 Å². The number of hydrogen-bond donors (Lipinski definition) is 4. The van der Waals surface area contributed by atoms with Crippen molar-refractivity contribution in [2.24, 2.45) is 16.0 Å². The van der Waals surface area contributed by atoms with E-state index in [0.717, 1.165) is 0 Å². The SMILES string of the molecule is N=C(N)/N=N/c1[nH]c(=O)c(O)c2ccccc12.